The highest BCUT2D eigenvalue weighted by molar-refractivity contribution is 6.70. The molecule has 0 spiro atoms. The van der Waals surface area contributed by atoms with Crippen LogP contribution < -0.4 is 0 Å². The minimum atomic E-state index is -2.52. The van der Waals surface area contributed by atoms with Gasteiger partial charge in [-0.2, -0.15) is 0 Å². The lowest BCUT2D eigenvalue weighted by Crippen LogP contribution is -2.50. The summed E-state index contributed by atoms with van der Waals surface area (Å²) in [7, 11) is -2.52. The summed E-state index contributed by atoms with van der Waals surface area (Å²) in [4.78, 5) is 0. The zero-order valence-corrected chi connectivity index (χ0v) is 18.3. The second-order valence-corrected chi connectivity index (χ2v) is 11.4. The summed E-state index contributed by atoms with van der Waals surface area (Å²) in [5.41, 5.74) is 1.84. The van der Waals surface area contributed by atoms with Gasteiger partial charge in [0.15, 0.2) is 0 Å². The summed E-state index contributed by atoms with van der Waals surface area (Å²) >= 11 is 0. The first-order chi connectivity index (χ1) is 12.4. The number of benzene rings is 1. The molecule has 0 aliphatic rings. The lowest BCUT2D eigenvalue weighted by Gasteiger charge is -2.41. The smallest absolute Gasteiger partial charge is 0.344 e. The molecule has 0 bridgehead atoms. The Labute approximate surface area is 161 Å². The first-order valence-corrected chi connectivity index (χ1v) is 11.6. The quantitative estimate of drug-likeness (QED) is 0.304. The Morgan fingerprint density at radius 3 is 1.88 bits per heavy atom. The van der Waals surface area contributed by atoms with Crippen molar-refractivity contribution in [2.45, 2.75) is 71.3 Å². The summed E-state index contributed by atoms with van der Waals surface area (Å²) in [6, 6.07) is 10.4. The molecule has 1 rings (SSSR count). The highest BCUT2D eigenvalue weighted by Gasteiger charge is 2.47. The van der Waals surface area contributed by atoms with Crippen molar-refractivity contribution in [1.82, 2.24) is 0 Å². The van der Waals surface area contributed by atoms with E-state index in [2.05, 4.69) is 70.7 Å². The SMILES string of the molecule is C=CCC(O[Si](OC(/C=C\C)/C=C/C)(C(C)C)C(C)C)c1ccccc1. The second-order valence-electron chi connectivity index (χ2n) is 7.21. The molecule has 0 aliphatic heterocycles. The average Bonchev–Trinajstić information content (AvgIpc) is 2.61. The monoisotopic (exact) mass is 372 g/mol. The van der Waals surface area contributed by atoms with Crippen LogP contribution in [0.25, 0.3) is 0 Å². The van der Waals surface area contributed by atoms with E-state index in [-0.39, 0.29) is 12.2 Å². The van der Waals surface area contributed by atoms with Crippen molar-refractivity contribution >= 4 is 8.56 Å². The lowest BCUT2D eigenvalue weighted by atomic mass is 10.1. The third-order valence-corrected chi connectivity index (χ3v) is 9.08. The third kappa shape index (κ3) is 6.08. The Balaban J connectivity index is 3.27. The van der Waals surface area contributed by atoms with Crippen LogP contribution in [0.3, 0.4) is 0 Å². The summed E-state index contributed by atoms with van der Waals surface area (Å²) < 4.78 is 13.6. The predicted molar refractivity (Wildman–Crippen MR) is 116 cm³/mol. The molecule has 0 saturated heterocycles. The third-order valence-electron chi connectivity index (χ3n) is 4.57. The maximum Gasteiger partial charge on any atom is 0.344 e. The van der Waals surface area contributed by atoms with Crippen molar-refractivity contribution < 1.29 is 8.85 Å². The molecule has 2 nitrogen and oxygen atoms in total. The molecule has 0 radical (unpaired) electrons. The van der Waals surface area contributed by atoms with Crippen molar-refractivity contribution in [3.63, 3.8) is 0 Å². The van der Waals surface area contributed by atoms with Crippen LogP contribution in [0.15, 0.2) is 67.3 Å². The van der Waals surface area contributed by atoms with E-state index in [1.807, 2.05) is 38.1 Å². The van der Waals surface area contributed by atoms with E-state index in [9.17, 15) is 0 Å². The van der Waals surface area contributed by atoms with Crippen molar-refractivity contribution in [2.75, 3.05) is 0 Å². The number of allylic oxidation sites excluding steroid dienone is 2. The van der Waals surface area contributed by atoms with Gasteiger partial charge in [0.25, 0.3) is 0 Å². The first kappa shape index (κ1) is 22.6. The molecule has 0 N–H and O–H groups in total. The Kier molecular flexibility index (Phi) is 9.85. The number of hydrogen-bond donors (Lipinski definition) is 0. The molecule has 2 unspecified atom stereocenters. The maximum atomic E-state index is 6.89. The zero-order chi connectivity index (χ0) is 19.6. The van der Waals surface area contributed by atoms with Gasteiger partial charge >= 0.3 is 8.56 Å². The van der Waals surface area contributed by atoms with E-state index in [1.165, 1.54) is 5.56 Å². The molecule has 1 aromatic rings. The normalized spacial score (nSPS) is 15.2. The molecule has 0 amide bonds. The molecule has 0 heterocycles. The molecule has 2 atom stereocenters. The van der Waals surface area contributed by atoms with Gasteiger partial charge in [-0.1, -0.05) is 88.4 Å². The lowest BCUT2D eigenvalue weighted by molar-refractivity contribution is 0.0940. The highest BCUT2D eigenvalue weighted by Crippen LogP contribution is 2.40. The molecule has 3 heteroatoms. The topological polar surface area (TPSA) is 18.5 Å². The van der Waals surface area contributed by atoms with Gasteiger partial charge in [-0.3, -0.25) is 0 Å². The van der Waals surface area contributed by atoms with E-state index in [4.69, 9.17) is 8.85 Å². The molecule has 0 aromatic heterocycles. The Hall–Kier alpha value is -1.42. The van der Waals surface area contributed by atoms with Crippen LogP contribution in [0.1, 0.15) is 59.6 Å². The molecule has 26 heavy (non-hydrogen) atoms. The fourth-order valence-electron chi connectivity index (χ4n) is 3.27. The van der Waals surface area contributed by atoms with Crippen LogP contribution in [-0.2, 0) is 8.85 Å². The van der Waals surface area contributed by atoms with Gasteiger partial charge in [0.05, 0.1) is 12.2 Å². The average molecular weight is 373 g/mol. The molecule has 0 saturated carbocycles. The predicted octanol–water partition coefficient (Wildman–Crippen LogP) is 7.12. The van der Waals surface area contributed by atoms with E-state index in [0.717, 1.165) is 6.42 Å². The Bertz CT molecular complexity index is 555. The maximum absolute atomic E-state index is 6.89. The van der Waals surface area contributed by atoms with Gasteiger partial charge in [-0.05, 0) is 36.9 Å². The van der Waals surface area contributed by atoms with E-state index in [1.54, 1.807) is 0 Å². The van der Waals surface area contributed by atoms with Gasteiger partial charge in [0.1, 0.15) is 0 Å². The highest BCUT2D eigenvalue weighted by atomic mass is 28.4. The summed E-state index contributed by atoms with van der Waals surface area (Å²) in [6.45, 7) is 16.9. The fraction of sp³-hybridized carbons (Fsp3) is 0.478. The van der Waals surface area contributed by atoms with E-state index < -0.39 is 8.56 Å². The van der Waals surface area contributed by atoms with Gasteiger partial charge in [0.2, 0.25) is 0 Å². The fourth-order valence-corrected chi connectivity index (χ4v) is 7.00. The van der Waals surface area contributed by atoms with Crippen LogP contribution in [0.5, 0.6) is 0 Å². The van der Waals surface area contributed by atoms with Crippen LogP contribution in [0.2, 0.25) is 11.1 Å². The molecule has 0 fully saturated rings. The van der Waals surface area contributed by atoms with Crippen molar-refractivity contribution in [3.8, 4) is 0 Å². The van der Waals surface area contributed by atoms with Crippen molar-refractivity contribution in [1.29, 1.82) is 0 Å². The molecule has 0 aliphatic carbocycles. The van der Waals surface area contributed by atoms with E-state index in [0.29, 0.717) is 11.1 Å². The summed E-state index contributed by atoms with van der Waals surface area (Å²) in [5, 5.41) is 0. The number of hydrogen-bond acceptors (Lipinski definition) is 2. The second kappa shape index (κ2) is 11.3. The Morgan fingerprint density at radius 2 is 1.46 bits per heavy atom. The minimum absolute atomic E-state index is 0.0259. The van der Waals surface area contributed by atoms with Crippen LogP contribution in [0.4, 0.5) is 0 Å². The summed E-state index contributed by atoms with van der Waals surface area (Å²) in [6.07, 6.45) is 10.9. The van der Waals surface area contributed by atoms with Crippen LogP contribution >= 0.6 is 0 Å². The van der Waals surface area contributed by atoms with Gasteiger partial charge in [0, 0.05) is 0 Å². The molecular formula is C23H36O2Si. The van der Waals surface area contributed by atoms with Crippen molar-refractivity contribution in [2.24, 2.45) is 0 Å². The largest absolute Gasteiger partial charge is 0.386 e. The Morgan fingerprint density at radius 1 is 0.923 bits per heavy atom. The standard InChI is InChI=1S/C23H36O2Si/c1-8-14-22(15-9-2)24-26(19(4)5,20(6)7)25-23(16-10-3)21-17-12-11-13-18-21/h8-15,17-20,22-23H,3,16H2,1-2,4-7H3/b14-8-,15-9+. The molecule has 144 valence electrons. The molecular weight excluding hydrogens is 336 g/mol. The first-order valence-electron chi connectivity index (χ1n) is 9.68. The zero-order valence-electron chi connectivity index (χ0n) is 17.3. The van der Waals surface area contributed by atoms with Crippen LogP contribution in [0, 0.1) is 0 Å². The minimum Gasteiger partial charge on any atom is -0.386 e. The van der Waals surface area contributed by atoms with Gasteiger partial charge < -0.3 is 8.85 Å². The number of rotatable bonds is 11. The summed E-state index contributed by atoms with van der Waals surface area (Å²) in [5.74, 6) is 0. The van der Waals surface area contributed by atoms with E-state index >= 15 is 0 Å². The van der Waals surface area contributed by atoms with Gasteiger partial charge in [-0.25, -0.2) is 0 Å². The van der Waals surface area contributed by atoms with Crippen molar-refractivity contribution in [3.05, 3.63) is 72.9 Å². The van der Waals surface area contributed by atoms with Gasteiger partial charge in [-0.15, -0.1) is 6.58 Å². The molecule has 1 aromatic carbocycles. The van der Waals surface area contributed by atoms with Crippen LogP contribution in [-0.4, -0.2) is 14.7 Å².